The van der Waals surface area contributed by atoms with Crippen LogP contribution in [0.3, 0.4) is 0 Å². The maximum Gasteiger partial charge on any atom is 0.302 e. The molecule has 0 amide bonds. The first kappa shape index (κ1) is 18.5. The lowest BCUT2D eigenvalue weighted by Crippen LogP contribution is -2.34. The molecule has 3 N–H and O–H groups in total. The lowest BCUT2D eigenvalue weighted by molar-refractivity contribution is -0.147. The number of aliphatic hydroxyl groups excluding tert-OH is 2. The fourth-order valence-corrected chi connectivity index (χ4v) is 2.83. The second-order valence-electron chi connectivity index (χ2n) is 5.68. The second kappa shape index (κ2) is 7.54. The van der Waals surface area contributed by atoms with Crippen LogP contribution in [0.25, 0.3) is 11.2 Å². The summed E-state index contributed by atoms with van der Waals surface area (Å²) in [4.78, 5) is 23.4. The summed E-state index contributed by atoms with van der Waals surface area (Å²) in [6.07, 6.45) is -1.32. The summed E-state index contributed by atoms with van der Waals surface area (Å²) in [5, 5.41) is 23.5. The fraction of sp³-hybridized carbons (Fsp3) is 0.467. The molecule has 1 aliphatic heterocycles. The largest absolute Gasteiger partial charge is 0.463 e. The summed E-state index contributed by atoms with van der Waals surface area (Å²) >= 11 is 5.98. The average molecular weight is 384 g/mol. The standard InChI is InChI=1S/C15H18ClN5O5/c1-3-4-17-12-9-13(20-15(16)19-12)21(6-18-9)14-11(24)10(23)8(26-14)5-25-7(2)22/h3,6,8,10-11,14,23-24H,1,4-5H2,2H3,(H,17,19,20)/t8-,10-,11-,14-/m1/s1. The van der Waals surface area contributed by atoms with Gasteiger partial charge in [-0.25, -0.2) is 4.98 Å². The Hall–Kier alpha value is -2.27. The number of anilines is 1. The Morgan fingerprint density at radius 2 is 2.27 bits per heavy atom. The SMILES string of the molecule is C=CCNc1nc(Cl)nc2c1ncn2[C@@H]1O[C@H](COC(C)=O)[C@@H](O)[C@H]1O. The summed E-state index contributed by atoms with van der Waals surface area (Å²) in [7, 11) is 0. The highest BCUT2D eigenvalue weighted by Crippen LogP contribution is 2.33. The number of hydrogen-bond donors (Lipinski definition) is 3. The minimum atomic E-state index is -1.27. The molecule has 3 heterocycles. The third-order valence-corrected chi connectivity index (χ3v) is 4.04. The van der Waals surface area contributed by atoms with Gasteiger partial charge in [-0.05, 0) is 11.6 Å². The molecule has 3 rings (SSSR count). The van der Waals surface area contributed by atoms with Crippen LogP contribution in [-0.2, 0) is 14.3 Å². The van der Waals surface area contributed by atoms with Crippen molar-refractivity contribution >= 4 is 34.6 Å². The van der Waals surface area contributed by atoms with Gasteiger partial charge in [-0.3, -0.25) is 9.36 Å². The maximum absolute atomic E-state index is 11.0. The van der Waals surface area contributed by atoms with Gasteiger partial charge < -0.3 is 25.0 Å². The molecule has 1 saturated heterocycles. The van der Waals surface area contributed by atoms with Crippen LogP contribution >= 0.6 is 11.6 Å². The monoisotopic (exact) mass is 383 g/mol. The van der Waals surface area contributed by atoms with E-state index in [1.807, 2.05) is 0 Å². The number of rotatable bonds is 6. The highest BCUT2D eigenvalue weighted by Gasteiger charge is 2.44. The number of aromatic nitrogens is 4. The highest BCUT2D eigenvalue weighted by molar-refractivity contribution is 6.28. The molecule has 0 bridgehead atoms. The number of carbonyl (C=O) groups is 1. The molecule has 0 saturated carbocycles. The van der Waals surface area contributed by atoms with Gasteiger partial charge in [0.15, 0.2) is 23.2 Å². The fourth-order valence-electron chi connectivity index (χ4n) is 2.66. The predicted octanol–water partition coefficient (Wildman–Crippen LogP) is 0.260. The van der Waals surface area contributed by atoms with E-state index in [0.717, 1.165) is 0 Å². The molecule has 1 aliphatic rings. The van der Waals surface area contributed by atoms with E-state index in [0.29, 0.717) is 23.5 Å². The minimum absolute atomic E-state index is 0.0182. The van der Waals surface area contributed by atoms with E-state index in [-0.39, 0.29) is 11.9 Å². The topological polar surface area (TPSA) is 132 Å². The number of hydrogen-bond acceptors (Lipinski definition) is 9. The van der Waals surface area contributed by atoms with Gasteiger partial charge in [0.1, 0.15) is 24.9 Å². The van der Waals surface area contributed by atoms with Crippen LogP contribution < -0.4 is 5.32 Å². The number of imidazole rings is 1. The Kier molecular flexibility index (Phi) is 5.37. The van der Waals surface area contributed by atoms with Crippen molar-refractivity contribution in [2.24, 2.45) is 0 Å². The Balaban J connectivity index is 1.91. The summed E-state index contributed by atoms with van der Waals surface area (Å²) in [5.41, 5.74) is 0.742. The number of aliphatic hydroxyl groups is 2. The molecular formula is C15H18ClN5O5. The molecular weight excluding hydrogens is 366 g/mol. The number of nitrogens with one attached hydrogen (secondary N) is 1. The summed E-state index contributed by atoms with van der Waals surface area (Å²) in [6, 6.07) is 0. The van der Waals surface area contributed by atoms with Crippen molar-refractivity contribution in [1.82, 2.24) is 19.5 Å². The van der Waals surface area contributed by atoms with Crippen LogP contribution in [0.1, 0.15) is 13.2 Å². The zero-order chi connectivity index (χ0) is 18.8. The lowest BCUT2D eigenvalue weighted by Gasteiger charge is -2.16. The van der Waals surface area contributed by atoms with Gasteiger partial charge in [0.05, 0.1) is 6.33 Å². The van der Waals surface area contributed by atoms with Gasteiger partial charge in [0, 0.05) is 13.5 Å². The maximum atomic E-state index is 11.0. The van der Waals surface area contributed by atoms with E-state index < -0.39 is 30.5 Å². The van der Waals surface area contributed by atoms with Gasteiger partial charge in [0.2, 0.25) is 5.28 Å². The Labute approximate surface area is 153 Å². The third-order valence-electron chi connectivity index (χ3n) is 3.87. The van der Waals surface area contributed by atoms with Crippen molar-refractivity contribution in [2.45, 2.75) is 31.5 Å². The number of esters is 1. The van der Waals surface area contributed by atoms with Gasteiger partial charge in [-0.2, -0.15) is 9.97 Å². The molecule has 10 nitrogen and oxygen atoms in total. The second-order valence-corrected chi connectivity index (χ2v) is 6.02. The molecule has 0 aliphatic carbocycles. The van der Waals surface area contributed by atoms with Crippen LogP contribution in [0.15, 0.2) is 19.0 Å². The Morgan fingerprint density at radius 3 is 2.96 bits per heavy atom. The van der Waals surface area contributed by atoms with Crippen molar-refractivity contribution in [3.63, 3.8) is 0 Å². The molecule has 0 aromatic carbocycles. The van der Waals surface area contributed by atoms with E-state index in [4.69, 9.17) is 21.1 Å². The van der Waals surface area contributed by atoms with Crippen molar-refractivity contribution in [1.29, 1.82) is 0 Å². The molecule has 140 valence electrons. The summed E-state index contributed by atoms with van der Waals surface area (Å²) in [5.74, 6) is -0.104. The molecule has 1 fully saturated rings. The quantitative estimate of drug-likeness (QED) is 0.365. The molecule has 11 heteroatoms. The minimum Gasteiger partial charge on any atom is -0.463 e. The molecule has 0 radical (unpaired) electrons. The lowest BCUT2D eigenvalue weighted by atomic mass is 10.1. The molecule has 2 aromatic heterocycles. The van der Waals surface area contributed by atoms with Crippen LogP contribution in [0, 0.1) is 0 Å². The van der Waals surface area contributed by atoms with E-state index in [2.05, 4.69) is 26.8 Å². The third kappa shape index (κ3) is 3.49. The molecule has 0 spiro atoms. The van der Waals surface area contributed by atoms with Gasteiger partial charge in [0.25, 0.3) is 0 Å². The first-order chi connectivity index (χ1) is 12.4. The predicted molar refractivity (Wildman–Crippen MR) is 91.6 cm³/mol. The van der Waals surface area contributed by atoms with E-state index in [9.17, 15) is 15.0 Å². The van der Waals surface area contributed by atoms with Crippen molar-refractivity contribution in [3.8, 4) is 0 Å². The van der Waals surface area contributed by atoms with Crippen molar-refractivity contribution in [2.75, 3.05) is 18.5 Å². The summed E-state index contributed by atoms with van der Waals surface area (Å²) < 4.78 is 12.0. The number of carbonyl (C=O) groups excluding carboxylic acids is 1. The van der Waals surface area contributed by atoms with Crippen LogP contribution in [0.2, 0.25) is 5.28 Å². The van der Waals surface area contributed by atoms with Crippen LogP contribution in [0.4, 0.5) is 5.82 Å². The van der Waals surface area contributed by atoms with Crippen molar-refractivity contribution in [3.05, 3.63) is 24.3 Å². The molecule has 4 atom stereocenters. The van der Waals surface area contributed by atoms with Crippen LogP contribution in [0.5, 0.6) is 0 Å². The smallest absolute Gasteiger partial charge is 0.302 e. The molecule has 2 aromatic rings. The normalized spacial score (nSPS) is 25.4. The molecule has 0 unspecified atom stereocenters. The highest BCUT2D eigenvalue weighted by atomic mass is 35.5. The Morgan fingerprint density at radius 1 is 1.50 bits per heavy atom. The number of halogens is 1. The first-order valence-corrected chi connectivity index (χ1v) is 8.20. The van der Waals surface area contributed by atoms with Gasteiger partial charge in [-0.15, -0.1) is 6.58 Å². The zero-order valence-corrected chi connectivity index (χ0v) is 14.6. The van der Waals surface area contributed by atoms with E-state index >= 15 is 0 Å². The van der Waals surface area contributed by atoms with Crippen molar-refractivity contribution < 1.29 is 24.5 Å². The zero-order valence-electron chi connectivity index (χ0n) is 13.9. The number of ether oxygens (including phenoxy) is 2. The van der Waals surface area contributed by atoms with E-state index in [1.165, 1.54) is 17.8 Å². The molecule has 26 heavy (non-hydrogen) atoms. The number of fused-ring (bicyclic) bond motifs is 1. The van der Waals surface area contributed by atoms with Gasteiger partial charge in [-0.1, -0.05) is 6.08 Å². The van der Waals surface area contributed by atoms with Gasteiger partial charge >= 0.3 is 5.97 Å². The summed E-state index contributed by atoms with van der Waals surface area (Å²) in [6.45, 7) is 5.13. The number of nitrogens with zero attached hydrogens (tertiary/aromatic N) is 4. The first-order valence-electron chi connectivity index (χ1n) is 7.82. The average Bonchev–Trinajstić information content (AvgIpc) is 3.13. The Bertz CT molecular complexity index is 828. The van der Waals surface area contributed by atoms with Crippen LogP contribution in [-0.4, -0.2) is 67.2 Å². The van der Waals surface area contributed by atoms with E-state index in [1.54, 1.807) is 6.08 Å².